The molecule has 2 rings (SSSR count). The van der Waals surface area contributed by atoms with Gasteiger partial charge >= 0.3 is 5.63 Å². The lowest BCUT2D eigenvalue weighted by Crippen LogP contribution is -2.08. The molecule has 0 aliphatic heterocycles. The van der Waals surface area contributed by atoms with Crippen LogP contribution in [0.3, 0.4) is 0 Å². The monoisotopic (exact) mass is 316 g/mol. The van der Waals surface area contributed by atoms with Gasteiger partial charge in [0, 0.05) is 12.1 Å². The van der Waals surface area contributed by atoms with E-state index in [0.717, 1.165) is 12.0 Å². The molecule has 1 heterocycles. The number of methoxy groups -OCH3 is 1. The Hall–Kier alpha value is -2.56. The molecule has 0 aliphatic carbocycles. The van der Waals surface area contributed by atoms with Gasteiger partial charge in [-0.2, -0.15) is 0 Å². The van der Waals surface area contributed by atoms with Crippen LogP contribution < -0.4 is 10.4 Å². The zero-order valence-corrected chi connectivity index (χ0v) is 13.7. The number of ether oxygens (including phenoxy) is 1. The quantitative estimate of drug-likeness (QED) is 0.518. The maximum Gasteiger partial charge on any atom is 0.336 e. The second-order valence-corrected chi connectivity index (χ2v) is 5.32. The van der Waals surface area contributed by atoms with Gasteiger partial charge in [0.1, 0.15) is 17.1 Å². The number of hydrogen-bond acceptors (Lipinski definition) is 5. The van der Waals surface area contributed by atoms with Crippen molar-refractivity contribution in [2.75, 3.05) is 7.11 Å². The van der Waals surface area contributed by atoms with Crippen molar-refractivity contribution in [2.24, 2.45) is 0 Å². The van der Waals surface area contributed by atoms with Crippen LogP contribution in [0.1, 0.15) is 43.1 Å². The summed E-state index contributed by atoms with van der Waals surface area (Å²) in [5.74, 6) is -0.272. The van der Waals surface area contributed by atoms with Gasteiger partial charge < -0.3 is 14.3 Å². The molecule has 1 N–H and O–H groups in total. The highest BCUT2D eigenvalue weighted by Crippen LogP contribution is 2.38. The van der Waals surface area contributed by atoms with Gasteiger partial charge in [-0.05, 0) is 31.4 Å². The Bertz CT molecular complexity index is 843. The summed E-state index contributed by atoms with van der Waals surface area (Å²) in [4.78, 5) is 24.4. The van der Waals surface area contributed by atoms with Crippen molar-refractivity contribution in [3.05, 3.63) is 45.3 Å². The van der Waals surface area contributed by atoms with Gasteiger partial charge in [0.25, 0.3) is 0 Å². The van der Waals surface area contributed by atoms with Crippen LogP contribution in [0.15, 0.2) is 33.0 Å². The Morgan fingerprint density at radius 3 is 2.65 bits per heavy atom. The van der Waals surface area contributed by atoms with Gasteiger partial charge in [0.2, 0.25) is 0 Å². The number of benzene rings is 1. The Balaban J connectivity index is 2.97. The fourth-order valence-electron chi connectivity index (χ4n) is 2.55. The molecule has 0 atom stereocenters. The van der Waals surface area contributed by atoms with E-state index in [1.165, 1.54) is 19.2 Å². The van der Waals surface area contributed by atoms with Crippen molar-refractivity contribution < 1.29 is 19.1 Å². The highest BCUT2D eigenvalue weighted by molar-refractivity contribution is 6.17. The SMILES string of the molecule is C/C=C(/C)C(=O)c1c(O)cc(OC)c2c(CCC)cc(=O)oc12. The first-order valence-electron chi connectivity index (χ1n) is 7.48. The lowest BCUT2D eigenvalue weighted by Gasteiger charge is -2.13. The van der Waals surface area contributed by atoms with Crippen molar-refractivity contribution in [3.8, 4) is 11.5 Å². The average molecular weight is 316 g/mol. The predicted molar refractivity (Wildman–Crippen MR) is 88.5 cm³/mol. The Morgan fingerprint density at radius 1 is 1.39 bits per heavy atom. The van der Waals surface area contributed by atoms with Crippen LogP contribution in [0.2, 0.25) is 0 Å². The molecule has 1 aromatic carbocycles. The van der Waals surface area contributed by atoms with Gasteiger partial charge in [-0.1, -0.05) is 19.4 Å². The summed E-state index contributed by atoms with van der Waals surface area (Å²) in [5, 5.41) is 10.8. The number of ketones is 1. The highest BCUT2D eigenvalue weighted by Gasteiger charge is 2.23. The minimum atomic E-state index is -0.555. The van der Waals surface area contributed by atoms with Gasteiger partial charge in [-0.15, -0.1) is 0 Å². The number of carbonyl (C=O) groups is 1. The van der Waals surface area contributed by atoms with Crippen LogP contribution in [0.5, 0.6) is 11.5 Å². The van der Waals surface area contributed by atoms with E-state index in [4.69, 9.17) is 9.15 Å². The molecule has 122 valence electrons. The van der Waals surface area contributed by atoms with E-state index in [0.29, 0.717) is 23.1 Å². The van der Waals surface area contributed by atoms with Gasteiger partial charge in [-0.25, -0.2) is 4.79 Å². The summed E-state index contributed by atoms with van der Waals surface area (Å²) in [6.07, 6.45) is 3.10. The first-order valence-corrected chi connectivity index (χ1v) is 7.48. The fourth-order valence-corrected chi connectivity index (χ4v) is 2.55. The summed E-state index contributed by atoms with van der Waals surface area (Å²) in [6.45, 7) is 5.36. The number of phenolic OH excluding ortho intramolecular Hbond substituents is 1. The summed E-state index contributed by atoms with van der Waals surface area (Å²) >= 11 is 0. The van der Waals surface area contributed by atoms with Gasteiger partial charge in [0.15, 0.2) is 11.4 Å². The fraction of sp³-hybridized carbons (Fsp3) is 0.333. The Labute approximate surface area is 134 Å². The van der Waals surface area contributed by atoms with Crippen molar-refractivity contribution in [1.29, 1.82) is 0 Å². The molecule has 0 saturated carbocycles. The molecule has 0 bridgehead atoms. The van der Waals surface area contributed by atoms with Crippen molar-refractivity contribution >= 4 is 16.8 Å². The topological polar surface area (TPSA) is 76.7 Å². The summed E-state index contributed by atoms with van der Waals surface area (Å²) in [5.41, 5.74) is 0.703. The molecule has 0 saturated heterocycles. The molecule has 2 aromatic rings. The highest BCUT2D eigenvalue weighted by atomic mass is 16.5. The maximum atomic E-state index is 12.6. The van der Waals surface area contributed by atoms with Crippen molar-refractivity contribution in [3.63, 3.8) is 0 Å². The first kappa shape index (κ1) is 16.8. The zero-order chi connectivity index (χ0) is 17.1. The number of aromatic hydroxyl groups is 1. The van der Waals surface area contributed by atoms with E-state index in [-0.39, 0.29) is 22.7 Å². The number of Topliss-reactive ketones (excluding diaryl/α,β-unsaturated/α-hetero) is 1. The number of carbonyl (C=O) groups excluding carboxylic acids is 1. The van der Waals surface area contributed by atoms with Crippen molar-refractivity contribution in [1.82, 2.24) is 0 Å². The van der Waals surface area contributed by atoms with Crippen LogP contribution in [-0.2, 0) is 6.42 Å². The van der Waals surface area contributed by atoms with Crippen LogP contribution in [-0.4, -0.2) is 18.0 Å². The largest absolute Gasteiger partial charge is 0.507 e. The molecule has 5 nitrogen and oxygen atoms in total. The molecule has 1 aromatic heterocycles. The molecule has 0 amide bonds. The average Bonchev–Trinajstić information content (AvgIpc) is 2.52. The van der Waals surface area contributed by atoms with Crippen LogP contribution in [0.25, 0.3) is 11.0 Å². The second kappa shape index (κ2) is 6.69. The van der Waals surface area contributed by atoms with E-state index >= 15 is 0 Å². The van der Waals surface area contributed by atoms with E-state index in [2.05, 4.69) is 0 Å². The Morgan fingerprint density at radius 2 is 2.09 bits per heavy atom. The maximum absolute atomic E-state index is 12.6. The third kappa shape index (κ3) is 2.99. The first-order chi connectivity index (χ1) is 10.9. The van der Waals surface area contributed by atoms with Crippen molar-refractivity contribution in [2.45, 2.75) is 33.6 Å². The second-order valence-electron chi connectivity index (χ2n) is 5.32. The molecule has 0 unspecified atom stereocenters. The number of fused-ring (bicyclic) bond motifs is 1. The molecule has 0 radical (unpaired) electrons. The molecule has 0 spiro atoms. The van der Waals surface area contributed by atoms with Crippen LogP contribution >= 0.6 is 0 Å². The third-order valence-corrected chi connectivity index (χ3v) is 3.80. The number of aryl methyl sites for hydroxylation is 1. The number of rotatable bonds is 5. The molecular weight excluding hydrogens is 296 g/mol. The van der Waals surface area contributed by atoms with Gasteiger partial charge in [0.05, 0.1) is 12.5 Å². The smallest absolute Gasteiger partial charge is 0.336 e. The van der Waals surface area contributed by atoms with Crippen LogP contribution in [0, 0.1) is 0 Å². The summed E-state index contributed by atoms with van der Waals surface area (Å²) in [7, 11) is 1.47. The normalized spacial score (nSPS) is 11.7. The van der Waals surface area contributed by atoms with E-state index in [9.17, 15) is 14.7 Å². The molecule has 5 heteroatoms. The molecule has 0 aliphatic rings. The van der Waals surface area contributed by atoms with E-state index < -0.39 is 5.63 Å². The predicted octanol–water partition coefficient (Wildman–Crippen LogP) is 3.61. The molecule has 23 heavy (non-hydrogen) atoms. The third-order valence-electron chi connectivity index (χ3n) is 3.80. The lowest BCUT2D eigenvalue weighted by atomic mass is 9.97. The Kier molecular flexibility index (Phi) is 4.89. The summed E-state index contributed by atoms with van der Waals surface area (Å²) in [6, 6.07) is 2.79. The number of phenols is 1. The van der Waals surface area contributed by atoms with E-state index in [1.807, 2.05) is 6.92 Å². The van der Waals surface area contributed by atoms with Gasteiger partial charge in [-0.3, -0.25) is 4.79 Å². The number of hydrogen-bond donors (Lipinski definition) is 1. The standard InChI is InChI=1S/C18H20O5/c1-5-7-11-8-14(20)23-18-15(11)13(22-4)9-12(19)16(18)17(21)10(3)6-2/h6,8-9,19H,5,7H2,1-4H3/b10-6-. The molecular formula is C18H20O5. The zero-order valence-electron chi connectivity index (χ0n) is 13.7. The van der Waals surface area contributed by atoms with E-state index in [1.54, 1.807) is 19.9 Å². The van der Waals surface area contributed by atoms with Crippen LogP contribution in [0.4, 0.5) is 0 Å². The summed E-state index contributed by atoms with van der Waals surface area (Å²) < 4.78 is 10.6. The number of allylic oxidation sites excluding steroid dienone is 2. The minimum absolute atomic E-state index is 0.00791. The molecule has 0 fully saturated rings. The lowest BCUT2D eigenvalue weighted by molar-refractivity contribution is 0.103. The minimum Gasteiger partial charge on any atom is -0.507 e.